The van der Waals surface area contributed by atoms with Gasteiger partial charge in [-0.15, -0.1) is 0 Å². The average molecular weight is 330 g/mol. The van der Waals surface area contributed by atoms with Gasteiger partial charge in [-0.05, 0) is 60.8 Å². The first kappa shape index (κ1) is 15.3. The SMILES string of the molecule is O=S(=O)(NCC1CC2CCC1C2)c1ccc(Cl)c(CO)c1. The monoisotopic (exact) mass is 329 g/mol. The molecular weight excluding hydrogens is 310 g/mol. The van der Waals surface area contributed by atoms with Crippen LogP contribution < -0.4 is 4.72 Å². The van der Waals surface area contributed by atoms with Crippen LogP contribution in [0.3, 0.4) is 0 Å². The molecule has 0 heterocycles. The van der Waals surface area contributed by atoms with Gasteiger partial charge in [-0.2, -0.15) is 0 Å². The molecule has 6 heteroatoms. The Kier molecular flexibility index (Phi) is 4.28. The highest BCUT2D eigenvalue weighted by Gasteiger charge is 2.39. The number of fused-ring (bicyclic) bond motifs is 2. The van der Waals surface area contributed by atoms with Gasteiger partial charge in [0.1, 0.15) is 0 Å². The molecule has 0 aliphatic heterocycles. The lowest BCUT2D eigenvalue weighted by Gasteiger charge is -2.21. The molecule has 3 rings (SSSR count). The van der Waals surface area contributed by atoms with Crippen molar-refractivity contribution in [3.05, 3.63) is 28.8 Å². The molecule has 2 N–H and O–H groups in total. The molecule has 0 aromatic heterocycles. The lowest BCUT2D eigenvalue weighted by atomic mass is 9.89. The largest absolute Gasteiger partial charge is 0.392 e. The van der Waals surface area contributed by atoms with E-state index in [1.165, 1.54) is 37.5 Å². The van der Waals surface area contributed by atoms with E-state index in [1.807, 2.05) is 0 Å². The molecule has 2 aliphatic rings. The summed E-state index contributed by atoms with van der Waals surface area (Å²) in [6, 6.07) is 4.43. The van der Waals surface area contributed by atoms with Gasteiger partial charge in [0.05, 0.1) is 11.5 Å². The smallest absolute Gasteiger partial charge is 0.240 e. The molecule has 21 heavy (non-hydrogen) atoms. The maximum atomic E-state index is 12.3. The van der Waals surface area contributed by atoms with E-state index >= 15 is 0 Å². The Bertz CT molecular complexity index is 632. The van der Waals surface area contributed by atoms with E-state index < -0.39 is 10.0 Å². The van der Waals surface area contributed by atoms with Crippen molar-refractivity contribution in [2.24, 2.45) is 17.8 Å². The molecule has 2 fully saturated rings. The first-order valence-corrected chi connectivity index (χ1v) is 9.24. The molecule has 0 amide bonds. The molecule has 0 radical (unpaired) electrons. The van der Waals surface area contributed by atoms with Gasteiger partial charge in [-0.1, -0.05) is 18.0 Å². The number of hydrogen-bond acceptors (Lipinski definition) is 3. The van der Waals surface area contributed by atoms with Crippen molar-refractivity contribution in [2.45, 2.75) is 37.2 Å². The second kappa shape index (κ2) is 5.88. The zero-order valence-corrected chi connectivity index (χ0v) is 13.3. The summed E-state index contributed by atoms with van der Waals surface area (Å²) in [6.45, 7) is 0.245. The molecule has 0 saturated heterocycles. The first-order chi connectivity index (χ1) is 9.99. The van der Waals surface area contributed by atoms with Crippen LogP contribution in [0.5, 0.6) is 0 Å². The zero-order chi connectivity index (χ0) is 15.0. The maximum absolute atomic E-state index is 12.3. The molecule has 4 nitrogen and oxygen atoms in total. The van der Waals surface area contributed by atoms with Crippen LogP contribution in [0.1, 0.15) is 31.2 Å². The van der Waals surface area contributed by atoms with E-state index in [4.69, 9.17) is 11.6 Å². The highest BCUT2D eigenvalue weighted by Crippen LogP contribution is 2.48. The van der Waals surface area contributed by atoms with Crippen LogP contribution >= 0.6 is 11.6 Å². The van der Waals surface area contributed by atoms with Crippen LogP contribution in [0.2, 0.25) is 5.02 Å². The minimum absolute atomic E-state index is 0.166. The van der Waals surface area contributed by atoms with Gasteiger partial charge < -0.3 is 5.11 Å². The Hall–Kier alpha value is -0.620. The van der Waals surface area contributed by atoms with Crippen molar-refractivity contribution in [3.63, 3.8) is 0 Å². The molecular formula is C15H20ClNO3S. The molecule has 2 bridgehead atoms. The summed E-state index contributed by atoms with van der Waals surface area (Å²) in [5, 5.41) is 9.56. The summed E-state index contributed by atoms with van der Waals surface area (Å²) in [6.07, 6.45) is 4.97. The number of benzene rings is 1. The van der Waals surface area contributed by atoms with E-state index in [0.717, 1.165) is 12.3 Å². The molecule has 116 valence electrons. The summed E-state index contributed by atoms with van der Waals surface area (Å²) >= 11 is 5.89. The molecule has 0 spiro atoms. The Balaban J connectivity index is 1.69. The number of aliphatic hydroxyl groups excluding tert-OH is 1. The van der Waals surface area contributed by atoms with Crippen LogP contribution in [-0.4, -0.2) is 20.1 Å². The lowest BCUT2D eigenvalue weighted by molar-refractivity contribution is 0.281. The summed E-state index contributed by atoms with van der Waals surface area (Å²) in [5.41, 5.74) is 0.430. The molecule has 1 aromatic carbocycles. The van der Waals surface area contributed by atoms with Crippen molar-refractivity contribution >= 4 is 21.6 Å². The van der Waals surface area contributed by atoms with Gasteiger partial charge in [-0.3, -0.25) is 0 Å². The number of hydrogen-bond donors (Lipinski definition) is 2. The Morgan fingerprint density at radius 3 is 2.71 bits per heavy atom. The maximum Gasteiger partial charge on any atom is 0.240 e. The summed E-state index contributed by atoms with van der Waals surface area (Å²) < 4.78 is 27.4. The summed E-state index contributed by atoms with van der Waals surface area (Å²) in [7, 11) is -3.53. The van der Waals surface area contributed by atoms with Crippen molar-refractivity contribution in [2.75, 3.05) is 6.54 Å². The fourth-order valence-corrected chi connectivity index (χ4v) is 5.09. The van der Waals surface area contributed by atoms with Crippen LogP contribution in [0.25, 0.3) is 0 Å². The quantitative estimate of drug-likeness (QED) is 0.872. The van der Waals surface area contributed by atoms with Crippen LogP contribution in [0.4, 0.5) is 0 Å². The third-order valence-electron chi connectivity index (χ3n) is 4.92. The molecule has 1 aromatic rings. The third-order valence-corrected chi connectivity index (χ3v) is 6.71. The van der Waals surface area contributed by atoms with E-state index in [9.17, 15) is 13.5 Å². The Labute approximate surface area is 130 Å². The van der Waals surface area contributed by atoms with Gasteiger partial charge in [0.15, 0.2) is 0 Å². The van der Waals surface area contributed by atoms with E-state index in [1.54, 1.807) is 0 Å². The van der Waals surface area contributed by atoms with Gasteiger partial charge in [0, 0.05) is 11.6 Å². The summed E-state index contributed by atoms with van der Waals surface area (Å²) in [4.78, 5) is 0.166. The van der Waals surface area contributed by atoms with Crippen LogP contribution in [0, 0.1) is 17.8 Å². The molecule has 3 unspecified atom stereocenters. The van der Waals surface area contributed by atoms with E-state index in [-0.39, 0.29) is 11.5 Å². The zero-order valence-electron chi connectivity index (χ0n) is 11.8. The number of halogens is 1. The summed E-state index contributed by atoms with van der Waals surface area (Å²) in [5.74, 6) is 1.97. The van der Waals surface area contributed by atoms with Crippen LogP contribution in [-0.2, 0) is 16.6 Å². The standard InChI is InChI=1S/C15H20ClNO3S/c16-15-4-3-14(7-13(15)9-18)21(19,20)17-8-12-6-10-1-2-11(12)5-10/h3-4,7,10-12,17-18H,1-2,5-6,8-9H2. The fourth-order valence-electron chi connectivity index (χ4n) is 3.77. The molecule has 3 atom stereocenters. The molecule has 2 aliphatic carbocycles. The predicted octanol–water partition coefficient (Wildman–Crippen LogP) is 2.55. The predicted molar refractivity (Wildman–Crippen MR) is 81.5 cm³/mol. The van der Waals surface area contributed by atoms with Crippen molar-refractivity contribution < 1.29 is 13.5 Å². The normalized spacial score (nSPS) is 28.2. The topological polar surface area (TPSA) is 66.4 Å². The first-order valence-electron chi connectivity index (χ1n) is 7.38. The Morgan fingerprint density at radius 1 is 1.29 bits per heavy atom. The van der Waals surface area contributed by atoms with Crippen LogP contribution in [0.15, 0.2) is 23.1 Å². The highest BCUT2D eigenvalue weighted by atomic mass is 35.5. The van der Waals surface area contributed by atoms with Crippen molar-refractivity contribution in [1.82, 2.24) is 4.72 Å². The number of aliphatic hydroxyl groups is 1. The number of rotatable bonds is 5. The van der Waals surface area contributed by atoms with Gasteiger partial charge in [0.2, 0.25) is 10.0 Å². The highest BCUT2D eigenvalue weighted by molar-refractivity contribution is 7.89. The van der Waals surface area contributed by atoms with Crippen molar-refractivity contribution in [1.29, 1.82) is 0 Å². The minimum Gasteiger partial charge on any atom is -0.392 e. The molecule has 2 saturated carbocycles. The van der Waals surface area contributed by atoms with Gasteiger partial charge >= 0.3 is 0 Å². The average Bonchev–Trinajstić information content (AvgIpc) is 3.08. The van der Waals surface area contributed by atoms with Gasteiger partial charge in [0.25, 0.3) is 0 Å². The van der Waals surface area contributed by atoms with E-state index in [2.05, 4.69) is 4.72 Å². The Morgan fingerprint density at radius 2 is 2.10 bits per heavy atom. The third kappa shape index (κ3) is 3.11. The second-order valence-corrected chi connectivity index (χ2v) is 8.37. The van der Waals surface area contributed by atoms with E-state index in [0.29, 0.717) is 29.0 Å². The van der Waals surface area contributed by atoms with Crippen molar-refractivity contribution in [3.8, 4) is 0 Å². The number of nitrogens with one attached hydrogen (secondary N) is 1. The number of sulfonamides is 1. The fraction of sp³-hybridized carbons (Fsp3) is 0.600. The second-order valence-electron chi connectivity index (χ2n) is 6.20. The van der Waals surface area contributed by atoms with Gasteiger partial charge in [-0.25, -0.2) is 13.1 Å². The minimum atomic E-state index is -3.53. The lowest BCUT2D eigenvalue weighted by Crippen LogP contribution is -2.31.